The molecule has 0 fully saturated rings. The highest BCUT2D eigenvalue weighted by atomic mass is 16.3. The van der Waals surface area contributed by atoms with E-state index in [-0.39, 0.29) is 0 Å². The molecule has 0 bridgehead atoms. The van der Waals surface area contributed by atoms with Gasteiger partial charge in [-0.25, -0.2) is 9.98 Å². The Labute approximate surface area is 39.9 Å². The van der Waals surface area contributed by atoms with Crippen molar-refractivity contribution < 1.29 is 0 Å². The predicted octanol–water partition coefficient (Wildman–Crippen LogP) is 0.192. The lowest BCUT2D eigenvalue weighted by molar-refractivity contribution is 0.770. The van der Waals surface area contributed by atoms with Crippen molar-refractivity contribution in [3.8, 4) is 0 Å². The molecule has 0 saturated carbocycles. The molecule has 0 saturated heterocycles. The van der Waals surface area contributed by atoms with Crippen molar-refractivity contribution in [3.05, 3.63) is 4.91 Å². The first-order chi connectivity index (χ1) is 3.43. The van der Waals surface area contributed by atoms with Crippen LogP contribution in [0.4, 0.5) is 0 Å². The molecule has 0 unspecified atom stereocenters. The summed E-state index contributed by atoms with van der Waals surface area (Å²) < 4.78 is 0. The van der Waals surface area contributed by atoms with E-state index >= 15 is 0 Å². The summed E-state index contributed by atoms with van der Waals surface area (Å²) in [5.41, 5.74) is 0. The second-order valence-electron chi connectivity index (χ2n) is 1.05. The lowest BCUT2D eigenvalue weighted by Gasteiger charge is -1.82. The molecule has 7 heavy (non-hydrogen) atoms. The first-order valence-electron chi connectivity index (χ1n) is 1.81. The summed E-state index contributed by atoms with van der Waals surface area (Å²) in [7, 11) is 0. The van der Waals surface area contributed by atoms with Crippen LogP contribution in [0.2, 0.25) is 0 Å². The molecule has 36 valence electrons. The summed E-state index contributed by atoms with van der Waals surface area (Å²) >= 11 is 0. The third kappa shape index (κ3) is 0.677. The molecular formula is C3H3N3O. The van der Waals surface area contributed by atoms with Gasteiger partial charge in [-0.05, 0) is 5.18 Å². The molecule has 0 aliphatic carbocycles. The molecule has 4 heteroatoms. The number of hydrogen-bond acceptors (Lipinski definition) is 4. The third-order valence-electron chi connectivity index (χ3n) is 0.600. The van der Waals surface area contributed by atoms with Gasteiger partial charge in [0.25, 0.3) is 6.29 Å². The molecule has 0 amide bonds. The van der Waals surface area contributed by atoms with E-state index in [9.17, 15) is 4.91 Å². The van der Waals surface area contributed by atoms with Crippen molar-refractivity contribution in [1.29, 1.82) is 0 Å². The van der Waals surface area contributed by atoms with E-state index < -0.39 is 6.29 Å². The highest BCUT2D eigenvalue weighted by Crippen LogP contribution is 1.95. The van der Waals surface area contributed by atoms with Crippen molar-refractivity contribution in [1.82, 2.24) is 0 Å². The zero-order chi connectivity index (χ0) is 5.11. The molecule has 0 radical (unpaired) electrons. The first kappa shape index (κ1) is 4.11. The maximum Gasteiger partial charge on any atom is 0.274 e. The van der Waals surface area contributed by atoms with Crippen molar-refractivity contribution in [2.24, 2.45) is 15.2 Å². The molecule has 0 spiro atoms. The van der Waals surface area contributed by atoms with Gasteiger partial charge in [-0.1, -0.05) is 0 Å². The smallest absolute Gasteiger partial charge is 0.240 e. The maximum absolute atomic E-state index is 9.53. The number of hydrogen-bond donors (Lipinski definition) is 0. The molecule has 4 nitrogen and oxygen atoms in total. The molecule has 1 heterocycles. The molecule has 0 N–H and O–H groups in total. The lowest BCUT2D eigenvalue weighted by atomic mass is 10.9. The molecule has 0 aromatic heterocycles. The summed E-state index contributed by atoms with van der Waals surface area (Å²) in [6.45, 7) is 0. The van der Waals surface area contributed by atoms with Crippen LogP contribution in [0.1, 0.15) is 0 Å². The van der Waals surface area contributed by atoms with Gasteiger partial charge in [-0.3, -0.25) is 0 Å². The van der Waals surface area contributed by atoms with Crippen LogP contribution in [0.15, 0.2) is 15.2 Å². The van der Waals surface area contributed by atoms with Gasteiger partial charge < -0.3 is 0 Å². The van der Waals surface area contributed by atoms with Crippen molar-refractivity contribution in [2.75, 3.05) is 0 Å². The van der Waals surface area contributed by atoms with Gasteiger partial charge in [0.05, 0.1) is 0 Å². The van der Waals surface area contributed by atoms with Crippen molar-refractivity contribution in [2.45, 2.75) is 6.29 Å². The number of nitroso groups, excluding NO2 is 1. The van der Waals surface area contributed by atoms with E-state index in [4.69, 9.17) is 0 Å². The molecule has 1 aliphatic heterocycles. The number of rotatable bonds is 1. The maximum atomic E-state index is 9.53. The summed E-state index contributed by atoms with van der Waals surface area (Å²) in [5, 5.41) is 2.54. The van der Waals surface area contributed by atoms with Crippen LogP contribution < -0.4 is 0 Å². The Morgan fingerprint density at radius 1 is 1.43 bits per heavy atom. The van der Waals surface area contributed by atoms with E-state index in [1.54, 1.807) is 0 Å². The minimum absolute atomic E-state index is 0.694. The Kier molecular flexibility index (Phi) is 0.934. The minimum atomic E-state index is -0.694. The van der Waals surface area contributed by atoms with Gasteiger partial charge in [-0.15, -0.1) is 4.91 Å². The topological polar surface area (TPSA) is 54.1 Å². The Balaban J connectivity index is 2.59. The highest BCUT2D eigenvalue weighted by molar-refractivity contribution is 6.17. The van der Waals surface area contributed by atoms with Gasteiger partial charge in [-0.2, -0.15) is 0 Å². The van der Waals surface area contributed by atoms with Crippen LogP contribution in [0.5, 0.6) is 0 Å². The average Bonchev–Trinajstić information content (AvgIpc) is 2.14. The zero-order valence-corrected chi connectivity index (χ0v) is 3.48. The van der Waals surface area contributed by atoms with E-state index in [1.807, 2.05) is 0 Å². The fourth-order valence-electron chi connectivity index (χ4n) is 0.324. The summed E-state index contributed by atoms with van der Waals surface area (Å²) in [4.78, 5) is 16.6. The first-order valence-corrected chi connectivity index (χ1v) is 1.81. The summed E-state index contributed by atoms with van der Waals surface area (Å²) in [6.07, 6.45) is 2.21. The van der Waals surface area contributed by atoms with Crippen molar-refractivity contribution >= 4 is 12.4 Å². The van der Waals surface area contributed by atoms with E-state index in [0.717, 1.165) is 0 Å². The number of nitrogens with zero attached hydrogens (tertiary/aromatic N) is 3. The lowest BCUT2D eigenvalue weighted by Crippen LogP contribution is -1.85. The van der Waals surface area contributed by atoms with E-state index in [2.05, 4.69) is 15.2 Å². The average molecular weight is 97.1 g/mol. The Hall–Kier alpha value is -1.06. The van der Waals surface area contributed by atoms with Gasteiger partial charge in [0.2, 0.25) is 0 Å². The van der Waals surface area contributed by atoms with Crippen molar-refractivity contribution in [3.63, 3.8) is 0 Å². The Morgan fingerprint density at radius 2 is 2.00 bits per heavy atom. The Morgan fingerprint density at radius 3 is 2.29 bits per heavy atom. The zero-order valence-electron chi connectivity index (χ0n) is 3.48. The van der Waals surface area contributed by atoms with Crippen LogP contribution in [0.3, 0.4) is 0 Å². The highest BCUT2D eigenvalue weighted by Gasteiger charge is 2.00. The largest absolute Gasteiger partial charge is 0.274 e. The van der Waals surface area contributed by atoms with Crippen LogP contribution in [-0.4, -0.2) is 18.7 Å². The van der Waals surface area contributed by atoms with E-state index in [1.165, 1.54) is 12.4 Å². The standard InChI is InChI=1S/C3H3N3O/c7-6-3-4-1-2-5-3/h1-3H. The van der Waals surface area contributed by atoms with Crippen LogP contribution in [0.25, 0.3) is 0 Å². The van der Waals surface area contributed by atoms with Gasteiger partial charge in [0.1, 0.15) is 0 Å². The quantitative estimate of drug-likeness (QED) is 0.431. The normalized spacial score (nSPS) is 18.3. The molecule has 1 rings (SSSR count). The van der Waals surface area contributed by atoms with Crippen LogP contribution in [-0.2, 0) is 0 Å². The van der Waals surface area contributed by atoms with Gasteiger partial charge in [0.15, 0.2) is 0 Å². The van der Waals surface area contributed by atoms with Crippen LogP contribution in [0, 0.1) is 4.91 Å². The number of aliphatic imine (C=N–C) groups is 2. The monoisotopic (exact) mass is 97.0 g/mol. The summed E-state index contributed by atoms with van der Waals surface area (Å²) in [5.74, 6) is 0. The van der Waals surface area contributed by atoms with Gasteiger partial charge >= 0.3 is 0 Å². The molecule has 0 aromatic carbocycles. The Bertz CT molecular complexity index is 116. The van der Waals surface area contributed by atoms with Crippen LogP contribution >= 0.6 is 0 Å². The SMILES string of the molecule is O=NC1N=CC=N1. The second-order valence-corrected chi connectivity index (χ2v) is 1.05. The fourth-order valence-corrected chi connectivity index (χ4v) is 0.324. The molecular weight excluding hydrogens is 94.1 g/mol. The second kappa shape index (κ2) is 1.59. The molecule has 0 atom stereocenters. The van der Waals surface area contributed by atoms with Gasteiger partial charge in [0, 0.05) is 12.4 Å². The minimum Gasteiger partial charge on any atom is -0.240 e. The predicted molar refractivity (Wildman–Crippen MR) is 26.6 cm³/mol. The third-order valence-corrected chi connectivity index (χ3v) is 0.600. The molecule has 0 aromatic rings. The summed E-state index contributed by atoms with van der Waals surface area (Å²) in [6, 6.07) is 0. The molecule has 1 aliphatic rings. The van der Waals surface area contributed by atoms with E-state index in [0.29, 0.717) is 0 Å². The fraction of sp³-hybridized carbons (Fsp3) is 0.333.